The number of rotatable bonds is 10. The fourth-order valence-electron chi connectivity index (χ4n) is 2.23. The molecule has 90 valence electrons. The van der Waals surface area contributed by atoms with Gasteiger partial charge in [0, 0.05) is 0 Å². The third-order valence-electron chi connectivity index (χ3n) is 3.33. The van der Waals surface area contributed by atoms with Crippen LogP contribution in [-0.4, -0.2) is 14.0 Å². The normalized spacial score (nSPS) is 15.1. The van der Waals surface area contributed by atoms with Crippen LogP contribution < -0.4 is 0 Å². The van der Waals surface area contributed by atoms with Gasteiger partial charge in [-0.2, -0.15) is 0 Å². The Kier molecular flexibility index (Phi) is 11.4. The first-order chi connectivity index (χ1) is 7.20. The van der Waals surface area contributed by atoms with E-state index in [4.69, 9.17) is 0 Å². The Hall–Kier alpha value is 0.495. The van der Waals surface area contributed by atoms with Gasteiger partial charge in [0.1, 0.15) is 7.85 Å². The van der Waals surface area contributed by atoms with Crippen LogP contribution in [-0.2, 0) is 0 Å². The molecule has 0 rings (SSSR count). The van der Waals surface area contributed by atoms with Gasteiger partial charge in [0.25, 0.3) is 0 Å². The minimum atomic E-state index is 0.953. The molecule has 0 heterocycles. The van der Waals surface area contributed by atoms with E-state index < -0.39 is 0 Å². The first-order valence-corrected chi connectivity index (χ1v) is 7.72. The Labute approximate surface area is 101 Å². The maximum absolute atomic E-state index is 2.82. The lowest BCUT2D eigenvalue weighted by Crippen LogP contribution is -1.99. The fourth-order valence-corrected chi connectivity index (χ4v) is 2.52. The maximum Gasteiger partial charge on any atom is 0.101 e. The van der Waals surface area contributed by atoms with E-state index >= 15 is 0 Å². The second kappa shape index (κ2) is 11.0. The van der Waals surface area contributed by atoms with Crippen LogP contribution in [0.25, 0.3) is 0 Å². The largest absolute Gasteiger partial charge is 0.138 e. The van der Waals surface area contributed by atoms with Gasteiger partial charge in [0.2, 0.25) is 0 Å². The lowest BCUT2D eigenvalue weighted by Gasteiger charge is -2.13. The molecule has 0 aromatic heterocycles. The summed E-state index contributed by atoms with van der Waals surface area (Å²) >= 11 is 0. The van der Waals surface area contributed by atoms with Crippen LogP contribution in [0.5, 0.6) is 0 Å². The van der Waals surface area contributed by atoms with Crippen molar-refractivity contribution < 1.29 is 0 Å². The van der Waals surface area contributed by atoms with Gasteiger partial charge in [-0.1, -0.05) is 58.7 Å². The zero-order chi connectivity index (χ0) is 11.5. The minimum absolute atomic E-state index is 0.953. The summed E-state index contributed by atoms with van der Waals surface area (Å²) in [5.41, 5.74) is 0. The van der Waals surface area contributed by atoms with E-state index in [2.05, 4.69) is 30.9 Å². The maximum atomic E-state index is 2.82. The predicted octanol–water partition coefficient (Wildman–Crippen LogP) is 3.92. The summed E-state index contributed by atoms with van der Waals surface area (Å²) in [5.74, 6) is 1.91. The lowest BCUT2D eigenvalue weighted by molar-refractivity contribution is 0.411. The van der Waals surface area contributed by atoms with Gasteiger partial charge in [-0.05, 0) is 24.4 Å². The SMILES string of the molecule is BCCC(C)CCCC(C)CCCCP. The van der Waals surface area contributed by atoms with Gasteiger partial charge in [-0.15, -0.1) is 9.24 Å². The van der Waals surface area contributed by atoms with Gasteiger partial charge < -0.3 is 0 Å². The molecule has 0 nitrogen and oxygen atoms in total. The smallest absolute Gasteiger partial charge is 0.101 e. The van der Waals surface area contributed by atoms with Crippen molar-refractivity contribution in [2.24, 2.45) is 11.8 Å². The number of unbranched alkanes of at least 4 members (excludes halogenated alkanes) is 1. The molecule has 0 N–H and O–H groups in total. The van der Waals surface area contributed by atoms with E-state index in [-0.39, 0.29) is 0 Å². The summed E-state index contributed by atoms with van der Waals surface area (Å²) in [6.07, 6.45) is 12.6. The highest BCUT2D eigenvalue weighted by Crippen LogP contribution is 2.19. The van der Waals surface area contributed by atoms with E-state index in [1.54, 1.807) is 0 Å². The fraction of sp³-hybridized carbons (Fsp3) is 1.00. The van der Waals surface area contributed by atoms with Crippen LogP contribution >= 0.6 is 9.24 Å². The van der Waals surface area contributed by atoms with E-state index in [9.17, 15) is 0 Å². The molecule has 0 radical (unpaired) electrons. The molecule has 0 fully saturated rings. The Balaban J connectivity index is 3.26. The quantitative estimate of drug-likeness (QED) is 0.302. The summed E-state index contributed by atoms with van der Waals surface area (Å²) in [7, 11) is 5.12. The predicted molar refractivity (Wildman–Crippen MR) is 78.6 cm³/mol. The van der Waals surface area contributed by atoms with Crippen LogP contribution in [0, 0.1) is 11.8 Å². The zero-order valence-electron chi connectivity index (χ0n) is 11.1. The second-order valence-corrected chi connectivity index (χ2v) is 5.79. The van der Waals surface area contributed by atoms with Gasteiger partial charge in [-0.3, -0.25) is 0 Å². The van der Waals surface area contributed by atoms with Crippen molar-refractivity contribution in [3.05, 3.63) is 0 Å². The van der Waals surface area contributed by atoms with Crippen LogP contribution in [0.3, 0.4) is 0 Å². The highest BCUT2D eigenvalue weighted by Gasteiger charge is 2.04. The van der Waals surface area contributed by atoms with Crippen LogP contribution in [0.15, 0.2) is 0 Å². The molecule has 0 aromatic rings. The van der Waals surface area contributed by atoms with Gasteiger partial charge >= 0.3 is 0 Å². The Morgan fingerprint density at radius 1 is 0.867 bits per heavy atom. The monoisotopic (exact) mass is 228 g/mol. The molecule has 3 atom stereocenters. The summed E-state index contributed by atoms with van der Waals surface area (Å²) in [5, 5.41) is 0. The highest BCUT2D eigenvalue weighted by atomic mass is 31.0. The summed E-state index contributed by atoms with van der Waals surface area (Å²) in [6.45, 7) is 4.83. The van der Waals surface area contributed by atoms with Gasteiger partial charge in [0.05, 0.1) is 0 Å². The zero-order valence-corrected chi connectivity index (χ0v) is 12.3. The third-order valence-corrected chi connectivity index (χ3v) is 3.73. The molecule has 0 saturated heterocycles. The van der Waals surface area contributed by atoms with Crippen molar-refractivity contribution in [1.82, 2.24) is 0 Å². The number of hydrogen-bond donors (Lipinski definition) is 0. The lowest BCUT2D eigenvalue weighted by atomic mass is 9.89. The Morgan fingerprint density at radius 2 is 1.40 bits per heavy atom. The molecule has 0 aliphatic carbocycles. The van der Waals surface area contributed by atoms with Crippen molar-refractivity contribution in [3.8, 4) is 0 Å². The molecule has 0 aliphatic rings. The van der Waals surface area contributed by atoms with Crippen LogP contribution in [0.4, 0.5) is 0 Å². The molecule has 0 amide bonds. The molecule has 0 spiro atoms. The molecule has 0 saturated carbocycles. The van der Waals surface area contributed by atoms with E-state index in [1.807, 2.05) is 0 Å². The van der Waals surface area contributed by atoms with Gasteiger partial charge in [-0.25, -0.2) is 0 Å². The minimum Gasteiger partial charge on any atom is -0.138 e. The average Bonchev–Trinajstić information content (AvgIpc) is 2.18. The first-order valence-electron chi connectivity index (χ1n) is 6.90. The van der Waals surface area contributed by atoms with Crippen LogP contribution in [0.1, 0.15) is 58.8 Å². The third kappa shape index (κ3) is 10.8. The van der Waals surface area contributed by atoms with Crippen molar-refractivity contribution >= 4 is 17.1 Å². The number of hydrogen-bond acceptors (Lipinski definition) is 0. The Bertz CT molecular complexity index is 128. The van der Waals surface area contributed by atoms with Crippen molar-refractivity contribution in [3.63, 3.8) is 0 Å². The molecule has 0 aliphatic heterocycles. The molecule has 3 unspecified atom stereocenters. The summed E-state index contributed by atoms with van der Waals surface area (Å²) in [4.78, 5) is 0. The molecular weight excluding hydrogens is 198 g/mol. The summed E-state index contributed by atoms with van der Waals surface area (Å²) in [6, 6.07) is 0. The first kappa shape index (κ1) is 15.5. The van der Waals surface area contributed by atoms with Gasteiger partial charge in [0.15, 0.2) is 0 Å². The molecule has 0 bridgehead atoms. The highest BCUT2D eigenvalue weighted by molar-refractivity contribution is 7.16. The van der Waals surface area contributed by atoms with Crippen molar-refractivity contribution in [1.29, 1.82) is 0 Å². The molecular formula is C13H30BP. The van der Waals surface area contributed by atoms with Crippen molar-refractivity contribution in [2.45, 2.75) is 65.1 Å². The van der Waals surface area contributed by atoms with E-state index in [1.165, 1.54) is 57.4 Å². The summed E-state index contributed by atoms with van der Waals surface area (Å²) < 4.78 is 0. The average molecular weight is 228 g/mol. The standard InChI is InChI=1S/C13H30BP/c1-12(6-3-4-11-15)7-5-8-13(2)9-10-14/h12-13H,3-11,14-15H2,1-2H3. The Morgan fingerprint density at radius 3 is 1.93 bits per heavy atom. The molecule has 2 heteroatoms. The van der Waals surface area contributed by atoms with Crippen LogP contribution in [0.2, 0.25) is 6.32 Å². The molecule has 15 heavy (non-hydrogen) atoms. The van der Waals surface area contributed by atoms with E-state index in [0.717, 1.165) is 11.8 Å². The molecule has 0 aromatic carbocycles. The second-order valence-electron chi connectivity index (χ2n) is 5.21. The van der Waals surface area contributed by atoms with Crippen molar-refractivity contribution in [2.75, 3.05) is 6.16 Å². The topological polar surface area (TPSA) is 0 Å². The van der Waals surface area contributed by atoms with E-state index in [0.29, 0.717) is 0 Å².